The molecule has 0 spiro atoms. The van der Waals surface area contributed by atoms with Gasteiger partial charge in [0.1, 0.15) is 0 Å². The van der Waals surface area contributed by atoms with Gasteiger partial charge in [0, 0.05) is 0 Å². The van der Waals surface area contributed by atoms with Gasteiger partial charge in [-0.05, 0) is 34.7 Å². The molecule has 0 saturated carbocycles. The fourth-order valence-electron chi connectivity index (χ4n) is 0.941. The van der Waals surface area contributed by atoms with Crippen LogP contribution in [0.2, 0.25) is 0 Å². The van der Waals surface area contributed by atoms with Crippen LogP contribution in [0.3, 0.4) is 0 Å². The van der Waals surface area contributed by atoms with E-state index in [1.807, 2.05) is 24.3 Å². The Kier molecular flexibility index (Phi) is 1.44. The van der Waals surface area contributed by atoms with Crippen LogP contribution in [0.25, 0.3) is 0 Å². The lowest BCUT2D eigenvalue weighted by Gasteiger charge is -1.83. The van der Waals surface area contributed by atoms with E-state index in [4.69, 9.17) is 0 Å². The van der Waals surface area contributed by atoms with E-state index in [-0.39, 0.29) is 4.17 Å². The molecule has 2 rings (SSSR count). The normalized spacial score (nSPS) is 15.7. The van der Waals surface area contributed by atoms with Crippen LogP contribution < -0.4 is 10.7 Å². The second-order valence-electron chi connectivity index (χ2n) is 2.06. The molecule has 2 nitrogen and oxygen atoms in total. The molecule has 0 amide bonds. The van der Waals surface area contributed by atoms with Crippen LogP contribution in [0.1, 0.15) is 0 Å². The molecule has 0 aliphatic carbocycles. The van der Waals surface area contributed by atoms with Gasteiger partial charge in [0.2, 0.25) is 0 Å². The summed E-state index contributed by atoms with van der Waals surface area (Å²) in [6.45, 7) is 0. The number of hydrogen-bond acceptors (Lipinski definition) is 2. The molecule has 0 unspecified atom stereocenters. The lowest BCUT2D eigenvalue weighted by molar-refractivity contribution is 1.02. The smallest absolute Gasteiger partial charge is 0.192 e. The summed E-state index contributed by atoms with van der Waals surface area (Å²) in [7, 11) is 0. The Morgan fingerprint density at radius 2 is 1.60 bits per heavy atom. The Balaban J connectivity index is 2.83. The number of rotatable bonds is 0. The Morgan fingerprint density at radius 3 is 2.10 bits per heavy atom. The zero-order valence-corrected chi connectivity index (χ0v) is 7.32. The van der Waals surface area contributed by atoms with Crippen LogP contribution in [-0.2, 0) is 0 Å². The van der Waals surface area contributed by atoms with Crippen molar-refractivity contribution in [1.29, 1.82) is 0 Å². The minimum atomic E-state index is 0.0926. The molecule has 1 aromatic rings. The highest BCUT2D eigenvalue weighted by Gasteiger charge is 2.02. The van der Waals surface area contributed by atoms with Gasteiger partial charge in [-0.2, -0.15) is 0 Å². The molecule has 0 atom stereocenters. The summed E-state index contributed by atoms with van der Waals surface area (Å²) < 4.78 is 0.0926. The molecule has 0 saturated heterocycles. The molecule has 0 N–H and O–H groups in total. The van der Waals surface area contributed by atoms with Crippen molar-refractivity contribution in [3.05, 3.63) is 35.0 Å². The van der Waals surface area contributed by atoms with Gasteiger partial charge in [-0.25, -0.2) is 9.98 Å². The van der Waals surface area contributed by atoms with E-state index < -0.39 is 0 Å². The first kappa shape index (κ1) is 6.27. The van der Waals surface area contributed by atoms with Crippen molar-refractivity contribution in [1.82, 2.24) is 0 Å². The van der Waals surface area contributed by atoms with Crippen molar-refractivity contribution in [3.63, 3.8) is 0 Å². The van der Waals surface area contributed by atoms with E-state index in [9.17, 15) is 0 Å². The summed E-state index contributed by atoms with van der Waals surface area (Å²) in [6.07, 6.45) is 0. The van der Waals surface area contributed by atoms with E-state index >= 15 is 0 Å². The maximum absolute atomic E-state index is 4.27. The zero-order chi connectivity index (χ0) is 6.97. The van der Waals surface area contributed by atoms with E-state index in [0.29, 0.717) is 0 Å². The lowest BCUT2D eigenvalue weighted by Crippen LogP contribution is -2.19. The van der Waals surface area contributed by atoms with Crippen LogP contribution in [0.4, 0.5) is 0 Å². The predicted molar refractivity (Wildman–Crippen MR) is 46.6 cm³/mol. The van der Waals surface area contributed by atoms with Crippen LogP contribution in [0, 0.1) is 0 Å². The summed E-state index contributed by atoms with van der Waals surface area (Å²) in [5.41, 5.74) is 0. The van der Waals surface area contributed by atoms with E-state index in [1.165, 1.54) is 0 Å². The monoisotopic (exact) mass is 244 g/mol. The first-order chi connectivity index (χ1) is 4.86. The first-order valence-electron chi connectivity index (χ1n) is 3.01. The number of fused-ring (bicyclic) bond motifs is 1. The number of halogens is 1. The minimum Gasteiger partial charge on any atom is -0.246 e. The van der Waals surface area contributed by atoms with Crippen molar-refractivity contribution in [2.24, 2.45) is 9.98 Å². The maximum atomic E-state index is 4.27. The lowest BCUT2D eigenvalue weighted by atomic mass is 10.3. The molecule has 0 radical (unpaired) electrons. The molecule has 0 aromatic heterocycles. The van der Waals surface area contributed by atoms with Crippen LogP contribution in [0.15, 0.2) is 34.3 Å². The summed E-state index contributed by atoms with van der Waals surface area (Å²) in [6, 6.07) is 7.92. The molecule has 1 aliphatic rings. The predicted octanol–water partition coefficient (Wildman–Crippen LogP) is 0.658. The minimum absolute atomic E-state index is 0.0926. The van der Waals surface area contributed by atoms with Gasteiger partial charge in [-0.3, -0.25) is 0 Å². The molecule has 0 bridgehead atoms. The standard InChI is InChI=1S/C7H5IN2/c8-7-9-5-3-1-2-4-6(5)10-7/h1-4,7H. The third-order valence-corrected chi connectivity index (χ3v) is 1.93. The Hall–Kier alpha value is -0.450. The van der Waals surface area contributed by atoms with E-state index in [2.05, 4.69) is 32.6 Å². The molecule has 50 valence electrons. The van der Waals surface area contributed by atoms with Gasteiger partial charge in [-0.1, -0.05) is 12.1 Å². The van der Waals surface area contributed by atoms with Crippen LogP contribution >= 0.6 is 22.6 Å². The highest BCUT2D eigenvalue weighted by Crippen LogP contribution is 2.02. The molecule has 3 heteroatoms. The Bertz CT molecular complexity index is 323. The SMILES string of the molecule is IC1N=c2ccccc2=N1. The van der Waals surface area contributed by atoms with Crippen molar-refractivity contribution in [3.8, 4) is 0 Å². The Morgan fingerprint density at radius 1 is 1.10 bits per heavy atom. The fraction of sp³-hybridized carbons (Fsp3) is 0.143. The molecule has 1 heterocycles. The molecule has 10 heavy (non-hydrogen) atoms. The van der Waals surface area contributed by atoms with Gasteiger partial charge in [0.25, 0.3) is 0 Å². The largest absolute Gasteiger partial charge is 0.246 e. The van der Waals surface area contributed by atoms with Gasteiger partial charge in [0.05, 0.1) is 10.7 Å². The summed E-state index contributed by atoms with van der Waals surface area (Å²) >= 11 is 2.19. The number of para-hydroxylation sites is 2. The highest BCUT2D eigenvalue weighted by atomic mass is 127. The molecule has 1 aromatic carbocycles. The first-order valence-corrected chi connectivity index (χ1v) is 4.25. The summed E-state index contributed by atoms with van der Waals surface area (Å²) in [5, 5.41) is 2.03. The van der Waals surface area contributed by atoms with Crippen LogP contribution in [0.5, 0.6) is 0 Å². The third kappa shape index (κ3) is 0.941. The molecular formula is C7H5IN2. The molecular weight excluding hydrogens is 239 g/mol. The second kappa shape index (κ2) is 2.30. The second-order valence-corrected chi connectivity index (χ2v) is 3.17. The average Bonchev–Trinajstić information content (AvgIpc) is 2.27. The Labute approximate surface area is 71.8 Å². The van der Waals surface area contributed by atoms with Gasteiger partial charge >= 0.3 is 0 Å². The topological polar surface area (TPSA) is 24.7 Å². The van der Waals surface area contributed by atoms with Crippen LogP contribution in [-0.4, -0.2) is 4.17 Å². The number of benzene rings is 1. The average molecular weight is 244 g/mol. The van der Waals surface area contributed by atoms with E-state index in [0.717, 1.165) is 10.7 Å². The highest BCUT2D eigenvalue weighted by molar-refractivity contribution is 14.1. The van der Waals surface area contributed by atoms with Crippen molar-refractivity contribution >= 4 is 22.6 Å². The van der Waals surface area contributed by atoms with Gasteiger partial charge in [0.15, 0.2) is 4.17 Å². The maximum Gasteiger partial charge on any atom is 0.192 e. The number of hydrogen-bond donors (Lipinski definition) is 0. The number of nitrogens with zero attached hydrogens (tertiary/aromatic N) is 2. The van der Waals surface area contributed by atoms with Gasteiger partial charge < -0.3 is 0 Å². The van der Waals surface area contributed by atoms with Crippen molar-refractivity contribution in [2.75, 3.05) is 0 Å². The fourth-order valence-corrected chi connectivity index (χ4v) is 1.54. The van der Waals surface area contributed by atoms with Gasteiger partial charge in [-0.15, -0.1) is 0 Å². The molecule has 1 aliphatic heterocycles. The van der Waals surface area contributed by atoms with Crippen molar-refractivity contribution in [2.45, 2.75) is 4.17 Å². The quantitative estimate of drug-likeness (QED) is 0.364. The molecule has 0 fully saturated rings. The number of alkyl halides is 1. The summed E-state index contributed by atoms with van der Waals surface area (Å²) in [5.74, 6) is 0. The summed E-state index contributed by atoms with van der Waals surface area (Å²) in [4.78, 5) is 8.54. The van der Waals surface area contributed by atoms with Crippen molar-refractivity contribution < 1.29 is 0 Å². The van der Waals surface area contributed by atoms with E-state index in [1.54, 1.807) is 0 Å². The zero-order valence-electron chi connectivity index (χ0n) is 5.16. The third-order valence-electron chi connectivity index (χ3n) is 1.37.